The number of carbonyl (C=O) groups is 1. The fourth-order valence-corrected chi connectivity index (χ4v) is 5.17. The fraction of sp³-hybridized carbons (Fsp3) is 0.300. The van der Waals surface area contributed by atoms with Gasteiger partial charge in [0.15, 0.2) is 0 Å². The van der Waals surface area contributed by atoms with Crippen LogP contribution < -0.4 is 0 Å². The van der Waals surface area contributed by atoms with Crippen molar-refractivity contribution < 1.29 is 14.3 Å². The molecule has 1 aliphatic heterocycles. The summed E-state index contributed by atoms with van der Waals surface area (Å²) < 4.78 is 7.60. The van der Waals surface area contributed by atoms with E-state index in [4.69, 9.17) is 4.42 Å². The third-order valence-corrected chi connectivity index (χ3v) is 7.53. The molecule has 1 N–H and O–H groups in total. The number of hydrogen-bond donors (Lipinski definition) is 1. The van der Waals surface area contributed by atoms with Crippen molar-refractivity contribution in [2.75, 3.05) is 13.1 Å². The Balaban J connectivity index is 1.12. The Labute approximate surface area is 215 Å². The molecule has 1 aliphatic rings. The van der Waals surface area contributed by atoms with E-state index in [-0.39, 0.29) is 5.91 Å². The third-order valence-electron chi connectivity index (χ3n) is 7.53. The summed E-state index contributed by atoms with van der Waals surface area (Å²) in [5.74, 6) is 0.519. The van der Waals surface area contributed by atoms with Gasteiger partial charge in [0.1, 0.15) is 22.5 Å². The van der Waals surface area contributed by atoms with Crippen LogP contribution in [0.3, 0.4) is 0 Å². The minimum atomic E-state index is -1.10. The first kappa shape index (κ1) is 23.4. The van der Waals surface area contributed by atoms with Crippen LogP contribution in [0.25, 0.3) is 27.6 Å². The van der Waals surface area contributed by atoms with Crippen molar-refractivity contribution in [1.82, 2.24) is 19.9 Å². The Hall–Kier alpha value is -3.97. The quantitative estimate of drug-likeness (QED) is 0.356. The summed E-state index contributed by atoms with van der Waals surface area (Å²) in [7, 11) is 0. The lowest BCUT2D eigenvalue weighted by atomic mass is 9.88. The van der Waals surface area contributed by atoms with Crippen molar-refractivity contribution in [3.8, 4) is 5.69 Å². The minimum Gasteiger partial charge on any atom is -0.456 e. The number of rotatable bonds is 5. The first-order valence-corrected chi connectivity index (χ1v) is 12.8. The van der Waals surface area contributed by atoms with E-state index in [0.29, 0.717) is 44.0 Å². The van der Waals surface area contributed by atoms with Gasteiger partial charge in [0.25, 0.3) is 0 Å². The molecule has 1 saturated heterocycles. The van der Waals surface area contributed by atoms with Gasteiger partial charge in [0.2, 0.25) is 5.91 Å². The second kappa shape index (κ2) is 9.16. The molecular formula is C30H30N4O3. The van der Waals surface area contributed by atoms with Gasteiger partial charge in [-0.25, -0.2) is 4.68 Å². The number of fused-ring (bicyclic) bond motifs is 3. The van der Waals surface area contributed by atoms with Gasteiger partial charge in [0.05, 0.1) is 18.3 Å². The normalized spacial score (nSPS) is 15.6. The Morgan fingerprint density at radius 2 is 1.73 bits per heavy atom. The van der Waals surface area contributed by atoms with E-state index in [1.54, 1.807) is 10.9 Å². The van der Waals surface area contributed by atoms with E-state index in [9.17, 15) is 9.90 Å². The second-order valence-electron chi connectivity index (χ2n) is 10.3. The molecule has 188 valence electrons. The molecule has 7 nitrogen and oxygen atoms in total. The topological polar surface area (TPSA) is 84.4 Å². The molecular weight excluding hydrogens is 464 g/mol. The zero-order chi connectivity index (χ0) is 25.6. The van der Waals surface area contributed by atoms with Gasteiger partial charge in [-0.2, -0.15) is 0 Å². The lowest BCUT2D eigenvalue weighted by Gasteiger charge is -2.37. The lowest BCUT2D eigenvalue weighted by molar-refractivity contribution is -0.135. The Bertz CT molecular complexity index is 1570. The Kier molecular flexibility index (Phi) is 5.80. The predicted molar refractivity (Wildman–Crippen MR) is 143 cm³/mol. The average molecular weight is 495 g/mol. The van der Waals surface area contributed by atoms with Crippen LogP contribution in [0, 0.1) is 0 Å². The fourth-order valence-electron chi connectivity index (χ4n) is 5.17. The summed E-state index contributed by atoms with van der Waals surface area (Å²) in [5, 5.41) is 22.0. The number of likely N-dealkylation sites (tertiary alicyclic amines) is 1. The predicted octanol–water partition coefficient (Wildman–Crippen LogP) is 5.34. The number of benzene rings is 3. The smallest absolute Gasteiger partial charge is 0.226 e. The molecule has 5 aromatic rings. The molecule has 1 amide bonds. The SMILES string of the molecule is CC(C)c1ccc(-n2cc(C3(O)CCN(C(=O)Cc4ccc5oc6ccccc6c5c4)CC3)nn2)cc1. The monoisotopic (exact) mass is 494 g/mol. The number of carbonyl (C=O) groups excluding carboxylic acids is 1. The summed E-state index contributed by atoms with van der Waals surface area (Å²) in [4.78, 5) is 14.9. The van der Waals surface area contributed by atoms with Gasteiger partial charge in [0, 0.05) is 23.9 Å². The minimum absolute atomic E-state index is 0.0584. The molecule has 0 spiro atoms. The largest absolute Gasteiger partial charge is 0.456 e. The van der Waals surface area contributed by atoms with Crippen LogP contribution in [0.5, 0.6) is 0 Å². The lowest BCUT2D eigenvalue weighted by Crippen LogP contribution is -2.45. The molecule has 2 aromatic heterocycles. The number of aliphatic hydroxyl groups is 1. The number of piperidine rings is 1. The zero-order valence-corrected chi connectivity index (χ0v) is 21.1. The van der Waals surface area contributed by atoms with E-state index in [1.165, 1.54) is 5.56 Å². The first-order chi connectivity index (χ1) is 17.9. The van der Waals surface area contributed by atoms with Gasteiger partial charge in [-0.15, -0.1) is 5.10 Å². The highest BCUT2D eigenvalue weighted by molar-refractivity contribution is 6.05. The van der Waals surface area contributed by atoms with Crippen molar-refractivity contribution >= 4 is 27.8 Å². The van der Waals surface area contributed by atoms with Gasteiger partial charge in [-0.05, 0) is 60.2 Å². The number of amides is 1. The van der Waals surface area contributed by atoms with Crippen molar-refractivity contribution in [3.05, 3.63) is 89.7 Å². The first-order valence-electron chi connectivity index (χ1n) is 12.8. The second-order valence-corrected chi connectivity index (χ2v) is 10.3. The van der Waals surface area contributed by atoms with Crippen LogP contribution in [0.2, 0.25) is 0 Å². The van der Waals surface area contributed by atoms with E-state index in [0.717, 1.165) is 33.2 Å². The third kappa shape index (κ3) is 4.40. The standard InChI is InChI=1S/C30H30N4O3/c1-20(2)22-8-10-23(11-9-22)34-19-28(31-32-34)30(36)13-15-33(16-14-30)29(35)18-21-7-12-27-25(17-21)24-5-3-4-6-26(24)37-27/h3-12,17,19-20,36H,13-16,18H2,1-2H3. The highest BCUT2D eigenvalue weighted by Gasteiger charge is 2.38. The highest BCUT2D eigenvalue weighted by Crippen LogP contribution is 2.33. The van der Waals surface area contributed by atoms with Gasteiger partial charge < -0.3 is 14.4 Å². The summed E-state index contributed by atoms with van der Waals surface area (Å²) in [6.07, 6.45) is 2.97. The molecule has 0 atom stereocenters. The Morgan fingerprint density at radius 1 is 1.00 bits per heavy atom. The van der Waals surface area contributed by atoms with E-state index < -0.39 is 5.60 Å². The Morgan fingerprint density at radius 3 is 2.49 bits per heavy atom. The maximum absolute atomic E-state index is 13.1. The molecule has 3 heterocycles. The van der Waals surface area contributed by atoms with Crippen molar-refractivity contribution in [2.45, 2.75) is 44.6 Å². The van der Waals surface area contributed by atoms with Gasteiger partial charge >= 0.3 is 0 Å². The van der Waals surface area contributed by atoms with Crippen molar-refractivity contribution in [3.63, 3.8) is 0 Å². The number of hydrogen-bond acceptors (Lipinski definition) is 5. The maximum atomic E-state index is 13.1. The average Bonchev–Trinajstić information content (AvgIpc) is 3.55. The molecule has 1 fully saturated rings. The van der Waals surface area contributed by atoms with Gasteiger partial charge in [-0.1, -0.05) is 55.5 Å². The van der Waals surface area contributed by atoms with Crippen LogP contribution >= 0.6 is 0 Å². The van der Waals surface area contributed by atoms with Crippen molar-refractivity contribution in [2.24, 2.45) is 0 Å². The van der Waals surface area contributed by atoms with E-state index in [1.807, 2.05) is 59.5 Å². The number of furan rings is 1. The molecule has 0 aliphatic carbocycles. The summed E-state index contributed by atoms with van der Waals surface area (Å²) in [6, 6.07) is 22.1. The number of para-hydroxylation sites is 1. The summed E-state index contributed by atoms with van der Waals surface area (Å²) >= 11 is 0. The van der Waals surface area contributed by atoms with Crippen molar-refractivity contribution in [1.29, 1.82) is 0 Å². The van der Waals surface area contributed by atoms with Crippen LogP contribution in [-0.4, -0.2) is 44.0 Å². The van der Waals surface area contributed by atoms with Crippen LogP contribution in [0.15, 0.2) is 77.3 Å². The summed E-state index contributed by atoms with van der Waals surface area (Å²) in [5.41, 5.74) is 4.24. The molecule has 0 bridgehead atoms. The molecule has 0 saturated carbocycles. The van der Waals surface area contributed by atoms with E-state index >= 15 is 0 Å². The molecule has 3 aromatic carbocycles. The van der Waals surface area contributed by atoms with Gasteiger partial charge in [-0.3, -0.25) is 4.79 Å². The molecule has 0 radical (unpaired) electrons. The van der Waals surface area contributed by atoms with Crippen LogP contribution in [0.1, 0.15) is 49.4 Å². The molecule has 37 heavy (non-hydrogen) atoms. The molecule has 6 rings (SSSR count). The van der Waals surface area contributed by atoms with Crippen LogP contribution in [0.4, 0.5) is 0 Å². The zero-order valence-electron chi connectivity index (χ0n) is 21.1. The van der Waals surface area contributed by atoms with E-state index in [2.05, 4.69) is 36.3 Å². The number of nitrogens with zero attached hydrogens (tertiary/aromatic N) is 4. The highest BCUT2D eigenvalue weighted by atomic mass is 16.3. The van der Waals surface area contributed by atoms with Crippen LogP contribution in [-0.2, 0) is 16.8 Å². The molecule has 7 heteroatoms. The molecule has 0 unspecified atom stereocenters. The summed E-state index contributed by atoms with van der Waals surface area (Å²) in [6.45, 7) is 5.27. The maximum Gasteiger partial charge on any atom is 0.226 e. The number of aromatic nitrogens is 3.